The number of para-hydroxylation sites is 1. The van der Waals surface area contributed by atoms with Gasteiger partial charge in [0.1, 0.15) is 0 Å². The number of anilines is 1. The summed E-state index contributed by atoms with van der Waals surface area (Å²) < 4.78 is 0. The van der Waals surface area contributed by atoms with Crippen LogP contribution in [0.15, 0.2) is 60.7 Å². The molecule has 0 radical (unpaired) electrons. The Morgan fingerprint density at radius 2 is 1.06 bits per heavy atom. The number of rotatable bonds is 4. The van der Waals surface area contributed by atoms with E-state index < -0.39 is 0 Å². The van der Waals surface area contributed by atoms with Crippen LogP contribution in [0.25, 0.3) is 0 Å². The molecule has 2 fully saturated rings. The molecule has 34 heavy (non-hydrogen) atoms. The van der Waals surface area contributed by atoms with Crippen LogP contribution >= 0.6 is 37.2 Å². The van der Waals surface area contributed by atoms with Crippen molar-refractivity contribution < 1.29 is 0 Å². The van der Waals surface area contributed by atoms with Gasteiger partial charge in [-0.2, -0.15) is 0 Å². The van der Waals surface area contributed by atoms with Crippen LogP contribution in [-0.2, 0) is 5.41 Å². The Balaban J connectivity index is 0. The van der Waals surface area contributed by atoms with E-state index in [1.54, 1.807) is 0 Å². The summed E-state index contributed by atoms with van der Waals surface area (Å²) in [5.74, 6) is 0. The first-order valence-corrected chi connectivity index (χ1v) is 19.6. The van der Waals surface area contributed by atoms with Crippen LogP contribution in [0.2, 0.25) is 0 Å². The lowest BCUT2D eigenvalue weighted by Crippen LogP contribution is -2.48. The molecule has 0 aromatic heterocycles. The molecule has 2 atom stereocenters. The summed E-state index contributed by atoms with van der Waals surface area (Å²) in [5.41, 5.74) is 3.65. The third-order valence-corrected chi connectivity index (χ3v) is 6.43. The van der Waals surface area contributed by atoms with Crippen molar-refractivity contribution in [1.82, 2.24) is 4.90 Å². The second kappa shape index (κ2) is 20.8. The Morgan fingerprint density at radius 1 is 0.647 bits per heavy atom. The number of halogens is 2. The molecule has 0 bridgehead atoms. The average molecular weight is 695 g/mol. The number of hydrogen-bond donors (Lipinski definition) is 0. The van der Waals surface area contributed by atoms with Crippen LogP contribution in [0, 0.1) is 5.41 Å². The Labute approximate surface area is 236 Å². The summed E-state index contributed by atoms with van der Waals surface area (Å²) >= 11 is 4.24. The highest BCUT2D eigenvalue weighted by atomic mass is 128. The molecule has 1 saturated carbocycles. The largest absolute Gasteiger partial charge is 0.369 e. The van der Waals surface area contributed by atoms with Crippen LogP contribution in [0.3, 0.4) is 0 Å². The number of piperazine rings is 1. The molecule has 2 nitrogen and oxygen atoms in total. The fourth-order valence-corrected chi connectivity index (χ4v) is 4.52. The van der Waals surface area contributed by atoms with Gasteiger partial charge in [0, 0.05) is 75.6 Å². The summed E-state index contributed by atoms with van der Waals surface area (Å²) in [6, 6.07) is 21.9. The normalized spacial score (nSPS) is 22.3. The standard InChI is InChI=1S/C22H28N2.4C2H6.I2/c1-21(17-22(21,2)19-9-5-3-6-10-19)18-23-13-15-24(16-14-23)20-11-7-4-8-12-20;5*1-2/h3-12H,13-18H2,1-2H3;4*1-2H3;. The highest BCUT2D eigenvalue weighted by Crippen LogP contribution is 2.64. The van der Waals surface area contributed by atoms with E-state index in [0.717, 1.165) is 13.1 Å². The first-order valence-electron chi connectivity index (χ1n) is 13.3. The maximum atomic E-state index is 2.67. The van der Waals surface area contributed by atoms with Crippen molar-refractivity contribution in [2.24, 2.45) is 5.41 Å². The minimum Gasteiger partial charge on any atom is -0.369 e. The first-order chi connectivity index (χ1) is 16.6. The first kappa shape index (κ1) is 35.8. The topological polar surface area (TPSA) is 6.48 Å². The van der Waals surface area contributed by atoms with Crippen LogP contribution in [0.5, 0.6) is 0 Å². The molecule has 1 aliphatic heterocycles. The molecule has 1 heterocycles. The van der Waals surface area contributed by atoms with Crippen molar-refractivity contribution >= 4 is 42.9 Å². The van der Waals surface area contributed by atoms with Crippen molar-refractivity contribution in [2.45, 2.75) is 81.1 Å². The van der Waals surface area contributed by atoms with Gasteiger partial charge in [-0.3, -0.25) is 4.90 Å². The Hall–Kier alpha value is -0.340. The Morgan fingerprint density at radius 3 is 1.50 bits per heavy atom. The number of nitrogens with zero attached hydrogens (tertiary/aromatic N) is 2. The van der Waals surface area contributed by atoms with Gasteiger partial charge in [0.25, 0.3) is 0 Å². The quantitative estimate of drug-likeness (QED) is 0.294. The fourth-order valence-electron chi connectivity index (χ4n) is 4.52. The molecule has 2 unspecified atom stereocenters. The average Bonchev–Trinajstić information content (AvgIpc) is 3.52. The molecule has 2 aliphatic rings. The molecule has 0 N–H and O–H groups in total. The molecule has 0 spiro atoms. The summed E-state index contributed by atoms with van der Waals surface area (Å²) in [4.78, 5) is 5.19. The molecule has 1 saturated heterocycles. The van der Waals surface area contributed by atoms with Gasteiger partial charge in [0.2, 0.25) is 0 Å². The maximum absolute atomic E-state index is 2.67. The van der Waals surface area contributed by atoms with Gasteiger partial charge in [-0.25, -0.2) is 0 Å². The SMILES string of the molecule is CC.CC.CC.CC.CC1(CN2CCN(c3ccccc3)CC2)CC1(C)c1ccccc1.II. The minimum absolute atomic E-state index is 0.352. The fraction of sp³-hybridized carbons (Fsp3) is 0.600. The van der Waals surface area contributed by atoms with E-state index in [9.17, 15) is 0 Å². The monoisotopic (exact) mass is 694 g/mol. The summed E-state index contributed by atoms with van der Waals surface area (Å²) in [6.07, 6.45) is 1.31. The maximum Gasteiger partial charge on any atom is 0.0367 e. The van der Waals surface area contributed by atoms with Crippen molar-refractivity contribution in [3.63, 3.8) is 0 Å². The van der Waals surface area contributed by atoms with E-state index in [4.69, 9.17) is 0 Å². The molecule has 2 aromatic rings. The van der Waals surface area contributed by atoms with Crippen LogP contribution in [0.4, 0.5) is 5.69 Å². The lowest BCUT2D eigenvalue weighted by atomic mass is 9.88. The van der Waals surface area contributed by atoms with Gasteiger partial charge in [0.05, 0.1) is 0 Å². The van der Waals surface area contributed by atoms with Crippen LogP contribution in [0.1, 0.15) is 81.2 Å². The van der Waals surface area contributed by atoms with Crippen LogP contribution < -0.4 is 4.90 Å². The molecule has 1 aliphatic carbocycles. The predicted molar refractivity (Wildman–Crippen MR) is 175 cm³/mol. The van der Waals surface area contributed by atoms with Gasteiger partial charge < -0.3 is 4.90 Å². The lowest BCUT2D eigenvalue weighted by molar-refractivity contribution is 0.204. The minimum atomic E-state index is 0.352. The zero-order chi connectivity index (χ0) is 26.6. The second-order valence-electron chi connectivity index (χ2n) is 8.03. The van der Waals surface area contributed by atoms with Crippen molar-refractivity contribution in [3.8, 4) is 0 Å². The van der Waals surface area contributed by atoms with E-state index in [2.05, 4.69) is 122 Å². The molecule has 4 heteroatoms. The van der Waals surface area contributed by atoms with E-state index in [0.29, 0.717) is 10.8 Å². The van der Waals surface area contributed by atoms with Gasteiger partial charge in [-0.1, -0.05) is 118 Å². The highest BCUT2D eigenvalue weighted by Gasteiger charge is 2.61. The van der Waals surface area contributed by atoms with Crippen molar-refractivity contribution in [3.05, 3.63) is 66.2 Å². The summed E-state index contributed by atoms with van der Waals surface area (Å²) in [5, 5.41) is 0. The second-order valence-corrected chi connectivity index (χ2v) is 8.03. The third kappa shape index (κ3) is 10.3. The van der Waals surface area contributed by atoms with Gasteiger partial charge in [0.15, 0.2) is 0 Å². The molecular weight excluding hydrogens is 642 g/mol. The summed E-state index contributed by atoms with van der Waals surface area (Å²) in [6.45, 7) is 26.8. The zero-order valence-electron chi connectivity index (χ0n) is 23.7. The molecule has 0 amide bonds. The van der Waals surface area contributed by atoms with Gasteiger partial charge >= 0.3 is 0 Å². The molecule has 4 rings (SSSR count). The molecule has 196 valence electrons. The third-order valence-electron chi connectivity index (χ3n) is 6.43. The van der Waals surface area contributed by atoms with Crippen molar-refractivity contribution in [2.75, 3.05) is 37.6 Å². The molecular formula is C30H52I2N2. The number of hydrogen-bond acceptors (Lipinski definition) is 2. The van der Waals surface area contributed by atoms with Gasteiger partial charge in [-0.15, -0.1) is 0 Å². The predicted octanol–water partition coefficient (Wildman–Crippen LogP) is 10.1. The smallest absolute Gasteiger partial charge is 0.0367 e. The number of benzene rings is 2. The van der Waals surface area contributed by atoms with Crippen molar-refractivity contribution in [1.29, 1.82) is 0 Å². The highest BCUT2D eigenvalue weighted by molar-refractivity contribution is 15.0. The van der Waals surface area contributed by atoms with Crippen LogP contribution in [-0.4, -0.2) is 37.6 Å². The van der Waals surface area contributed by atoms with E-state index in [-0.39, 0.29) is 0 Å². The lowest BCUT2D eigenvalue weighted by Gasteiger charge is -2.38. The van der Waals surface area contributed by atoms with E-state index in [1.807, 2.05) is 55.4 Å². The Bertz CT molecular complexity index is 687. The zero-order valence-corrected chi connectivity index (χ0v) is 28.0. The molecule has 2 aromatic carbocycles. The van der Waals surface area contributed by atoms with E-state index >= 15 is 0 Å². The van der Waals surface area contributed by atoms with Gasteiger partial charge in [-0.05, 0) is 34.9 Å². The Kier molecular flexibility index (Phi) is 21.9. The van der Waals surface area contributed by atoms with E-state index in [1.165, 1.54) is 37.3 Å². The summed E-state index contributed by atoms with van der Waals surface area (Å²) in [7, 11) is 0.